The fraction of sp³-hybridized carbons (Fsp3) is 0.182. The van der Waals surface area contributed by atoms with Crippen LogP contribution in [0.5, 0.6) is 0 Å². The molecule has 0 aliphatic heterocycles. The van der Waals surface area contributed by atoms with Crippen LogP contribution in [-0.4, -0.2) is 34.6 Å². The maximum Gasteiger partial charge on any atom is 0.326 e. The van der Waals surface area contributed by atoms with Crippen molar-refractivity contribution in [2.75, 3.05) is 18.1 Å². The number of hydrogen-bond donors (Lipinski definition) is 0. The largest absolute Gasteiger partial charge is 0.454 e. The number of aromatic nitrogens is 2. The molecule has 0 spiro atoms. The first-order valence-electron chi connectivity index (χ1n) is 9.56. The number of furan rings is 1. The molecule has 1 amide bonds. The number of carbonyl (C=O) groups is 2. The Morgan fingerprint density at radius 1 is 1.16 bits per heavy atom. The van der Waals surface area contributed by atoms with Gasteiger partial charge in [0.05, 0.1) is 6.33 Å². The number of anilines is 1. The second-order valence-corrected chi connectivity index (χ2v) is 6.73. The summed E-state index contributed by atoms with van der Waals surface area (Å²) in [5, 5.41) is 0.704. The minimum absolute atomic E-state index is 0.0426. The van der Waals surface area contributed by atoms with E-state index in [9.17, 15) is 18.8 Å². The van der Waals surface area contributed by atoms with Gasteiger partial charge in [-0.05, 0) is 43.3 Å². The summed E-state index contributed by atoms with van der Waals surface area (Å²) in [5.74, 6) is -1.66. The van der Waals surface area contributed by atoms with Crippen LogP contribution in [0, 0.1) is 5.82 Å². The van der Waals surface area contributed by atoms with Gasteiger partial charge in [0, 0.05) is 17.6 Å². The number of benzene rings is 2. The van der Waals surface area contributed by atoms with E-state index in [2.05, 4.69) is 4.98 Å². The molecule has 0 saturated carbocycles. The minimum atomic E-state index is -0.775. The van der Waals surface area contributed by atoms with Gasteiger partial charge in [0.2, 0.25) is 5.58 Å². The van der Waals surface area contributed by atoms with E-state index in [0.717, 1.165) is 4.57 Å². The lowest BCUT2D eigenvalue weighted by Crippen LogP contribution is -2.35. The average Bonchev–Trinajstić information content (AvgIpc) is 3.16. The van der Waals surface area contributed by atoms with Crippen LogP contribution in [0.4, 0.5) is 10.1 Å². The third-order valence-electron chi connectivity index (χ3n) is 4.76. The molecule has 8 nitrogen and oxygen atoms in total. The number of fused-ring (bicyclic) bond motifs is 3. The molecule has 0 saturated heterocycles. The minimum Gasteiger partial charge on any atom is -0.454 e. The van der Waals surface area contributed by atoms with Crippen molar-refractivity contribution in [3.63, 3.8) is 0 Å². The molecule has 0 radical (unpaired) electrons. The highest BCUT2D eigenvalue weighted by atomic mass is 19.1. The van der Waals surface area contributed by atoms with Crippen molar-refractivity contribution in [2.45, 2.75) is 13.5 Å². The Balaban J connectivity index is 1.45. The maximum atomic E-state index is 13.1. The second kappa shape index (κ2) is 8.39. The number of esters is 1. The lowest BCUT2D eigenvalue weighted by atomic mass is 10.2. The van der Waals surface area contributed by atoms with Gasteiger partial charge >= 0.3 is 5.97 Å². The van der Waals surface area contributed by atoms with E-state index in [-0.39, 0.29) is 5.58 Å². The molecular weight excluding hydrogens is 405 g/mol. The van der Waals surface area contributed by atoms with Gasteiger partial charge in [0.25, 0.3) is 11.5 Å². The normalized spacial score (nSPS) is 11.0. The predicted molar refractivity (Wildman–Crippen MR) is 111 cm³/mol. The standard InChI is InChI=1S/C22H18FN3O5/c1-2-26(15-9-7-14(23)8-10-15)18(27)12-30-19(28)11-25-13-24-20-16-5-3-4-6-17(16)31-21(20)22(25)29/h3-10,13H,2,11-12H2,1H3. The molecule has 2 heterocycles. The highest BCUT2D eigenvalue weighted by Crippen LogP contribution is 2.24. The summed E-state index contributed by atoms with van der Waals surface area (Å²) in [6.45, 7) is 1.12. The summed E-state index contributed by atoms with van der Waals surface area (Å²) >= 11 is 0. The molecule has 0 aliphatic rings. The van der Waals surface area contributed by atoms with Crippen LogP contribution >= 0.6 is 0 Å². The summed E-state index contributed by atoms with van der Waals surface area (Å²) < 4.78 is 24.8. The first-order valence-corrected chi connectivity index (χ1v) is 9.56. The van der Waals surface area contributed by atoms with E-state index in [1.165, 1.54) is 35.5 Å². The van der Waals surface area contributed by atoms with Crippen molar-refractivity contribution < 1.29 is 23.1 Å². The van der Waals surface area contributed by atoms with Crippen molar-refractivity contribution in [1.29, 1.82) is 0 Å². The highest BCUT2D eigenvalue weighted by Gasteiger charge is 2.18. The fourth-order valence-corrected chi connectivity index (χ4v) is 3.26. The van der Waals surface area contributed by atoms with Gasteiger partial charge in [0.15, 0.2) is 6.61 Å². The quantitative estimate of drug-likeness (QED) is 0.443. The average molecular weight is 423 g/mol. The molecule has 0 N–H and O–H groups in total. The summed E-state index contributed by atoms with van der Waals surface area (Å²) in [5.41, 5.74) is 0.944. The molecule has 158 valence electrons. The second-order valence-electron chi connectivity index (χ2n) is 6.73. The van der Waals surface area contributed by atoms with E-state index in [1.807, 2.05) is 6.07 Å². The van der Waals surface area contributed by atoms with Gasteiger partial charge in [0.1, 0.15) is 23.5 Å². The van der Waals surface area contributed by atoms with E-state index in [4.69, 9.17) is 9.15 Å². The van der Waals surface area contributed by atoms with Gasteiger partial charge in [-0.3, -0.25) is 19.0 Å². The Labute approximate surface area is 175 Å². The highest BCUT2D eigenvalue weighted by molar-refractivity contribution is 6.01. The Hall–Kier alpha value is -4.01. The van der Waals surface area contributed by atoms with Crippen LogP contribution in [0.25, 0.3) is 22.1 Å². The van der Waals surface area contributed by atoms with E-state index < -0.39 is 36.4 Å². The first kappa shape index (κ1) is 20.3. The van der Waals surface area contributed by atoms with Gasteiger partial charge in [-0.2, -0.15) is 0 Å². The van der Waals surface area contributed by atoms with Gasteiger partial charge < -0.3 is 14.1 Å². The number of likely N-dealkylation sites (N-methyl/N-ethyl adjacent to an activating group) is 1. The third-order valence-corrected chi connectivity index (χ3v) is 4.76. The van der Waals surface area contributed by atoms with Gasteiger partial charge in [-0.1, -0.05) is 12.1 Å². The van der Waals surface area contributed by atoms with E-state index >= 15 is 0 Å². The zero-order valence-electron chi connectivity index (χ0n) is 16.6. The topological polar surface area (TPSA) is 94.6 Å². The van der Waals surface area contributed by atoms with Crippen molar-refractivity contribution >= 4 is 39.6 Å². The SMILES string of the molecule is CCN(C(=O)COC(=O)Cn1cnc2c(oc3ccccc32)c1=O)c1ccc(F)cc1. The number of para-hydroxylation sites is 1. The number of hydrogen-bond acceptors (Lipinski definition) is 6. The first-order chi connectivity index (χ1) is 15.0. The van der Waals surface area contributed by atoms with Crippen LogP contribution in [0.15, 0.2) is 64.1 Å². The summed E-state index contributed by atoms with van der Waals surface area (Å²) in [7, 11) is 0. The molecule has 4 aromatic rings. The number of nitrogens with zero attached hydrogens (tertiary/aromatic N) is 3. The molecule has 0 fully saturated rings. The molecule has 9 heteroatoms. The van der Waals surface area contributed by atoms with Crippen LogP contribution in [-0.2, 0) is 20.9 Å². The van der Waals surface area contributed by atoms with Gasteiger partial charge in [-0.25, -0.2) is 9.37 Å². The summed E-state index contributed by atoms with van der Waals surface area (Å²) in [6.07, 6.45) is 1.24. The monoisotopic (exact) mass is 423 g/mol. The third kappa shape index (κ3) is 4.02. The van der Waals surface area contributed by atoms with Crippen LogP contribution in [0.2, 0.25) is 0 Å². The molecule has 2 aromatic heterocycles. The summed E-state index contributed by atoms with van der Waals surface area (Å²) in [6, 6.07) is 12.5. The Kier molecular flexibility index (Phi) is 5.48. The van der Waals surface area contributed by atoms with Crippen molar-refractivity contribution in [2.24, 2.45) is 0 Å². The van der Waals surface area contributed by atoms with E-state index in [0.29, 0.717) is 28.7 Å². The van der Waals surface area contributed by atoms with E-state index in [1.54, 1.807) is 25.1 Å². The maximum absolute atomic E-state index is 13.1. The number of rotatable bonds is 6. The lowest BCUT2D eigenvalue weighted by molar-refractivity contribution is -0.148. The molecular formula is C22H18FN3O5. The molecule has 0 bridgehead atoms. The molecule has 4 rings (SSSR count). The number of halogens is 1. The molecule has 0 aliphatic carbocycles. The molecule has 0 unspecified atom stereocenters. The zero-order valence-corrected chi connectivity index (χ0v) is 16.6. The zero-order chi connectivity index (χ0) is 22.0. The van der Waals surface area contributed by atoms with Crippen molar-refractivity contribution in [1.82, 2.24) is 9.55 Å². The molecule has 2 aromatic carbocycles. The van der Waals surface area contributed by atoms with Crippen LogP contribution in [0.1, 0.15) is 6.92 Å². The number of amides is 1. The predicted octanol–water partition coefficient (Wildman–Crippen LogP) is 2.88. The molecule has 0 atom stereocenters. The smallest absolute Gasteiger partial charge is 0.326 e. The Morgan fingerprint density at radius 2 is 1.90 bits per heavy atom. The molecule has 31 heavy (non-hydrogen) atoms. The van der Waals surface area contributed by atoms with Crippen LogP contribution in [0.3, 0.4) is 0 Å². The lowest BCUT2D eigenvalue weighted by Gasteiger charge is -2.20. The Bertz CT molecular complexity index is 1330. The summed E-state index contributed by atoms with van der Waals surface area (Å²) in [4.78, 5) is 42.9. The van der Waals surface area contributed by atoms with Gasteiger partial charge in [-0.15, -0.1) is 0 Å². The van der Waals surface area contributed by atoms with Crippen molar-refractivity contribution in [3.8, 4) is 0 Å². The fourth-order valence-electron chi connectivity index (χ4n) is 3.26. The number of ether oxygens (including phenoxy) is 1. The number of carbonyl (C=O) groups excluding carboxylic acids is 2. The van der Waals surface area contributed by atoms with Crippen LogP contribution < -0.4 is 10.5 Å². The van der Waals surface area contributed by atoms with Crippen molar-refractivity contribution in [3.05, 3.63) is 71.0 Å². The Morgan fingerprint density at radius 3 is 2.65 bits per heavy atom.